The van der Waals surface area contributed by atoms with Gasteiger partial charge in [-0.15, -0.1) is 0 Å². The van der Waals surface area contributed by atoms with E-state index in [2.05, 4.69) is 5.32 Å². The summed E-state index contributed by atoms with van der Waals surface area (Å²) >= 11 is 0. The van der Waals surface area contributed by atoms with Crippen molar-refractivity contribution in [1.82, 2.24) is 0 Å². The van der Waals surface area contributed by atoms with Crippen molar-refractivity contribution in [3.8, 4) is 0 Å². The van der Waals surface area contributed by atoms with E-state index >= 15 is 0 Å². The number of hydrogen-bond acceptors (Lipinski definition) is 3. The van der Waals surface area contributed by atoms with E-state index in [9.17, 15) is 14.4 Å². The van der Waals surface area contributed by atoms with Crippen molar-refractivity contribution in [2.75, 3.05) is 16.8 Å². The Morgan fingerprint density at radius 1 is 1.00 bits per heavy atom. The first kappa shape index (κ1) is 19.4. The van der Waals surface area contributed by atoms with Crippen molar-refractivity contribution < 1.29 is 14.4 Å². The number of nitrogens with one attached hydrogen (secondary N) is 1. The van der Waals surface area contributed by atoms with Crippen LogP contribution in [0.4, 0.5) is 11.4 Å². The highest BCUT2D eigenvalue weighted by atomic mass is 16.2. The number of rotatable bonds is 6. The van der Waals surface area contributed by atoms with Crippen molar-refractivity contribution >= 4 is 29.0 Å². The van der Waals surface area contributed by atoms with Gasteiger partial charge in [-0.05, 0) is 44.5 Å². The lowest BCUT2D eigenvalue weighted by Crippen LogP contribution is -2.32. The first-order valence-electron chi connectivity index (χ1n) is 8.54. The number of benzene rings is 2. The lowest BCUT2D eigenvalue weighted by atomic mass is 10.1. The third-order valence-electron chi connectivity index (χ3n) is 4.16. The molecule has 0 bridgehead atoms. The number of anilines is 2. The van der Waals surface area contributed by atoms with Crippen LogP contribution < -0.4 is 10.2 Å². The van der Waals surface area contributed by atoms with Gasteiger partial charge in [-0.3, -0.25) is 14.4 Å². The Balaban J connectivity index is 2.06. The quantitative estimate of drug-likeness (QED) is 0.802. The predicted molar refractivity (Wildman–Crippen MR) is 104 cm³/mol. The number of amides is 2. The van der Waals surface area contributed by atoms with Crippen molar-refractivity contribution in [3.63, 3.8) is 0 Å². The summed E-state index contributed by atoms with van der Waals surface area (Å²) in [5, 5.41) is 2.88. The summed E-state index contributed by atoms with van der Waals surface area (Å²) in [4.78, 5) is 37.3. The minimum absolute atomic E-state index is 0.0667. The van der Waals surface area contributed by atoms with Gasteiger partial charge in [0.15, 0.2) is 5.78 Å². The van der Waals surface area contributed by atoms with Crippen LogP contribution in [0, 0.1) is 13.8 Å². The second kappa shape index (κ2) is 8.43. The zero-order valence-electron chi connectivity index (χ0n) is 15.6. The molecular formula is C21H24N2O3. The molecular weight excluding hydrogens is 328 g/mol. The second-order valence-corrected chi connectivity index (χ2v) is 6.39. The SMILES string of the molecule is CC(=O)c1cccc(N(CCC(=O)Nc2ccc(C)cc2C)C(C)=O)c1. The van der Waals surface area contributed by atoms with Crippen LogP contribution >= 0.6 is 0 Å². The Bertz CT molecular complexity index is 843. The minimum atomic E-state index is -0.176. The minimum Gasteiger partial charge on any atom is -0.326 e. The van der Waals surface area contributed by atoms with Crippen LogP contribution in [0.25, 0.3) is 0 Å². The normalized spacial score (nSPS) is 10.3. The van der Waals surface area contributed by atoms with E-state index < -0.39 is 0 Å². The molecule has 0 aliphatic heterocycles. The van der Waals surface area contributed by atoms with Gasteiger partial charge in [-0.25, -0.2) is 0 Å². The number of aryl methyl sites for hydroxylation is 2. The molecule has 2 aromatic carbocycles. The molecule has 0 fully saturated rings. The van der Waals surface area contributed by atoms with Crippen molar-refractivity contribution in [1.29, 1.82) is 0 Å². The van der Waals surface area contributed by atoms with Crippen molar-refractivity contribution in [3.05, 3.63) is 59.2 Å². The molecule has 0 heterocycles. The van der Waals surface area contributed by atoms with Gasteiger partial charge in [0, 0.05) is 36.8 Å². The molecule has 0 aliphatic rings. The fourth-order valence-corrected chi connectivity index (χ4v) is 2.74. The Labute approximate surface area is 154 Å². The molecule has 2 amide bonds. The van der Waals surface area contributed by atoms with Crippen LogP contribution in [0.3, 0.4) is 0 Å². The third-order valence-corrected chi connectivity index (χ3v) is 4.16. The molecule has 0 aliphatic carbocycles. The monoisotopic (exact) mass is 352 g/mol. The number of Topliss-reactive ketones (excluding diaryl/α,β-unsaturated/α-hetero) is 1. The van der Waals surface area contributed by atoms with E-state index in [1.54, 1.807) is 24.3 Å². The Kier molecular flexibility index (Phi) is 6.28. The van der Waals surface area contributed by atoms with Crippen LogP contribution in [-0.2, 0) is 9.59 Å². The van der Waals surface area contributed by atoms with Gasteiger partial charge in [0.1, 0.15) is 0 Å². The molecule has 2 rings (SSSR count). The zero-order chi connectivity index (χ0) is 19.3. The van der Waals surface area contributed by atoms with Crippen LogP contribution in [-0.4, -0.2) is 24.1 Å². The molecule has 0 atom stereocenters. The maximum atomic E-state index is 12.3. The van der Waals surface area contributed by atoms with Gasteiger partial charge in [-0.2, -0.15) is 0 Å². The highest BCUT2D eigenvalue weighted by Gasteiger charge is 2.15. The van der Waals surface area contributed by atoms with Gasteiger partial charge >= 0.3 is 0 Å². The highest BCUT2D eigenvalue weighted by molar-refractivity contribution is 5.98. The molecule has 0 saturated heterocycles. The van der Waals surface area contributed by atoms with E-state index in [1.165, 1.54) is 18.7 Å². The Morgan fingerprint density at radius 2 is 1.73 bits per heavy atom. The van der Waals surface area contributed by atoms with Gasteiger partial charge in [0.25, 0.3) is 0 Å². The fourth-order valence-electron chi connectivity index (χ4n) is 2.74. The lowest BCUT2D eigenvalue weighted by molar-refractivity contribution is -0.117. The maximum Gasteiger partial charge on any atom is 0.226 e. The third kappa shape index (κ3) is 5.02. The highest BCUT2D eigenvalue weighted by Crippen LogP contribution is 2.19. The van der Waals surface area contributed by atoms with Crippen LogP contribution in [0.15, 0.2) is 42.5 Å². The van der Waals surface area contributed by atoms with E-state index in [-0.39, 0.29) is 30.6 Å². The van der Waals surface area contributed by atoms with Gasteiger partial charge < -0.3 is 10.2 Å². The summed E-state index contributed by atoms with van der Waals surface area (Å²) in [5.74, 6) is -0.404. The van der Waals surface area contributed by atoms with Crippen LogP contribution in [0.2, 0.25) is 0 Å². The first-order chi connectivity index (χ1) is 12.3. The largest absolute Gasteiger partial charge is 0.326 e. The van der Waals surface area contributed by atoms with Crippen LogP contribution in [0.1, 0.15) is 41.8 Å². The lowest BCUT2D eigenvalue weighted by Gasteiger charge is -2.21. The number of nitrogens with zero attached hydrogens (tertiary/aromatic N) is 1. The molecule has 5 heteroatoms. The van der Waals surface area contributed by atoms with E-state index in [4.69, 9.17) is 0 Å². The molecule has 0 spiro atoms. The fraction of sp³-hybridized carbons (Fsp3) is 0.286. The van der Waals surface area contributed by atoms with Crippen molar-refractivity contribution in [2.45, 2.75) is 34.1 Å². The Hall–Kier alpha value is -2.95. The topological polar surface area (TPSA) is 66.5 Å². The Morgan fingerprint density at radius 3 is 2.35 bits per heavy atom. The average Bonchev–Trinajstić information content (AvgIpc) is 2.57. The zero-order valence-corrected chi connectivity index (χ0v) is 15.6. The smallest absolute Gasteiger partial charge is 0.226 e. The van der Waals surface area contributed by atoms with Gasteiger partial charge in [0.2, 0.25) is 11.8 Å². The van der Waals surface area contributed by atoms with Gasteiger partial charge in [0.05, 0.1) is 0 Å². The molecule has 1 N–H and O–H groups in total. The number of hydrogen-bond donors (Lipinski definition) is 1. The van der Waals surface area contributed by atoms with E-state index in [0.29, 0.717) is 11.3 Å². The molecule has 0 radical (unpaired) electrons. The summed E-state index contributed by atoms with van der Waals surface area (Å²) in [5.41, 5.74) is 4.05. The average molecular weight is 352 g/mol. The number of carbonyl (C=O) groups excluding carboxylic acids is 3. The molecule has 136 valence electrons. The standard InChI is InChI=1S/C21H24N2O3/c1-14-8-9-20(15(2)12-14)22-21(26)10-11-23(17(4)25)19-7-5-6-18(13-19)16(3)24/h5-9,12-13H,10-11H2,1-4H3,(H,22,26). The molecule has 26 heavy (non-hydrogen) atoms. The predicted octanol–water partition coefficient (Wildman–Crippen LogP) is 3.89. The van der Waals surface area contributed by atoms with E-state index in [0.717, 1.165) is 16.8 Å². The summed E-state index contributed by atoms with van der Waals surface area (Å²) in [6.45, 7) is 7.11. The van der Waals surface area contributed by atoms with E-state index in [1.807, 2.05) is 32.0 Å². The molecule has 0 unspecified atom stereocenters. The van der Waals surface area contributed by atoms with Crippen LogP contribution in [0.5, 0.6) is 0 Å². The molecule has 0 saturated carbocycles. The van der Waals surface area contributed by atoms with Gasteiger partial charge in [-0.1, -0.05) is 29.8 Å². The molecule has 2 aromatic rings. The summed E-state index contributed by atoms with van der Waals surface area (Å²) in [6.07, 6.45) is 0.164. The summed E-state index contributed by atoms with van der Waals surface area (Å²) in [7, 11) is 0. The maximum absolute atomic E-state index is 12.3. The molecule has 0 aromatic heterocycles. The first-order valence-corrected chi connectivity index (χ1v) is 8.54. The van der Waals surface area contributed by atoms with Crippen molar-refractivity contribution in [2.24, 2.45) is 0 Å². The number of carbonyl (C=O) groups is 3. The molecule has 5 nitrogen and oxygen atoms in total. The summed E-state index contributed by atoms with van der Waals surface area (Å²) < 4.78 is 0. The number of ketones is 1. The summed E-state index contributed by atoms with van der Waals surface area (Å²) in [6, 6.07) is 12.7. The second-order valence-electron chi connectivity index (χ2n) is 6.39.